The molecule has 416 valence electrons. The lowest BCUT2D eigenvalue weighted by Gasteiger charge is -2.20. The lowest BCUT2D eigenvalue weighted by Crippen LogP contribution is -2.28. The summed E-state index contributed by atoms with van der Waals surface area (Å²) in [5, 5.41) is 36.8. The molecule has 0 aliphatic carbocycles. The number of hydrogen-bond acceptors (Lipinski definition) is 20. The van der Waals surface area contributed by atoms with E-state index in [0.717, 1.165) is 0 Å². The molecule has 0 saturated heterocycles. The first-order valence-corrected chi connectivity index (χ1v) is 28.0. The lowest BCUT2D eigenvalue weighted by molar-refractivity contribution is 0.171. The van der Waals surface area contributed by atoms with Gasteiger partial charge < -0.3 is 47.4 Å². The molecule has 2 aromatic carbocycles. The number of methoxy groups -OCH3 is 6. The number of benzene rings is 2. The van der Waals surface area contributed by atoms with E-state index in [-0.39, 0.29) is 34.7 Å². The molecule has 0 saturated carbocycles. The average molecular weight is 1130 g/mol. The van der Waals surface area contributed by atoms with Crippen LogP contribution in [0.25, 0.3) is 45.7 Å². The number of para-hydroxylation sites is 2. The number of nitrogens with zero attached hydrogens (tertiary/aromatic N) is 12. The van der Waals surface area contributed by atoms with Gasteiger partial charge in [-0.3, -0.25) is 9.13 Å². The first-order valence-electron chi connectivity index (χ1n) is 24.5. The Morgan fingerprint density at radius 1 is 0.450 bits per heavy atom. The number of ether oxygens (including phenoxy) is 6. The van der Waals surface area contributed by atoms with Crippen LogP contribution in [0.1, 0.15) is 49.1 Å². The summed E-state index contributed by atoms with van der Waals surface area (Å²) < 4.78 is 94.3. The molecule has 80 heavy (non-hydrogen) atoms. The number of aromatic nitrogens is 12. The maximum Gasteiger partial charge on any atom is 0.213 e. The molecular weight excluding hydrogens is 1070 g/mol. The normalized spacial score (nSPS) is 13.2. The Morgan fingerprint density at radius 2 is 0.812 bits per heavy atom. The van der Waals surface area contributed by atoms with Gasteiger partial charge in [-0.05, 0) is 74.5 Å². The van der Waals surface area contributed by atoms with Gasteiger partial charge in [0.25, 0.3) is 0 Å². The van der Waals surface area contributed by atoms with Crippen LogP contribution in [0, 0.1) is 0 Å². The smallest absolute Gasteiger partial charge is 0.213 e. The predicted molar refractivity (Wildman–Crippen MR) is 293 cm³/mol. The molecule has 0 aliphatic heterocycles. The molecule has 2 N–H and O–H groups in total. The van der Waals surface area contributed by atoms with E-state index in [4.69, 9.17) is 28.4 Å². The summed E-state index contributed by atoms with van der Waals surface area (Å²) in [4.78, 5) is 17.7. The molecule has 0 spiro atoms. The summed E-state index contributed by atoms with van der Waals surface area (Å²) >= 11 is 0. The molecule has 0 bridgehead atoms. The molecule has 8 aromatic heterocycles. The molecule has 0 amide bonds. The van der Waals surface area contributed by atoms with E-state index in [0.29, 0.717) is 68.8 Å². The standard InChI is InChI=1S/2C27H28N6O6S/c2*1-17(26(34)19-15-32-14-6-5-12-22(32)28-19)40(35,36)16-23-30-31-27(18-9-7-13-24(29-18)39-4)33(23)25-20(37-2)10-8-11-21(25)38-3/h2*5-15,17,26,34H,16H2,1-4H3/t2*17-,26-/m10/s1. The summed E-state index contributed by atoms with van der Waals surface area (Å²) in [6.07, 6.45) is 4.02. The lowest BCUT2D eigenvalue weighted by atomic mass is 10.2. The van der Waals surface area contributed by atoms with Crippen molar-refractivity contribution in [3.05, 3.63) is 157 Å². The van der Waals surface area contributed by atoms with E-state index in [1.807, 2.05) is 24.3 Å². The van der Waals surface area contributed by atoms with Gasteiger partial charge in [-0.2, -0.15) is 0 Å². The molecule has 4 atom stereocenters. The second-order valence-electron chi connectivity index (χ2n) is 17.9. The van der Waals surface area contributed by atoms with Crippen molar-refractivity contribution in [2.75, 3.05) is 42.7 Å². The summed E-state index contributed by atoms with van der Waals surface area (Å²) in [6, 6.07) is 31.4. The second-order valence-corrected chi connectivity index (χ2v) is 22.6. The van der Waals surface area contributed by atoms with E-state index in [9.17, 15) is 27.0 Å². The van der Waals surface area contributed by atoms with Crippen LogP contribution in [-0.4, -0.2) is 138 Å². The zero-order chi connectivity index (χ0) is 56.9. The highest BCUT2D eigenvalue weighted by Gasteiger charge is 2.36. The number of rotatable bonds is 20. The van der Waals surface area contributed by atoms with E-state index < -0.39 is 53.9 Å². The van der Waals surface area contributed by atoms with Crippen LogP contribution >= 0.6 is 0 Å². The Kier molecular flexibility index (Phi) is 16.4. The van der Waals surface area contributed by atoms with Gasteiger partial charge in [0, 0.05) is 36.9 Å². The van der Waals surface area contributed by atoms with Crippen LogP contribution in [0.15, 0.2) is 134 Å². The van der Waals surface area contributed by atoms with Crippen LogP contribution in [0.2, 0.25) is 0 Å². The van der Waals surface area contributed by atoms with Crippen LogP contribution in [-0.2, 0) is 31.2 Å². The molecule has 10 aromatic rings. The van der Waals surface area contributed by atoms with Crippen molar-refractivity contribution in [1.29, 1.82) is 0 Å². The zero-order valence-corrected chi connectivity index (χ0v) is 46.2. The number of aliphatic hydroxyl groups excluding tert-OH is 2. The molecule has 24 nitrogen and oxygen atoms in total. The fourth-order valence-corrected chi connectivity index (χ4v) is 11.4. The third-order valence-corrected chi connectivity index (χ3v) is 17.2. The van der Waals surface area contributed by atoms with Crippen molar-refractivity contribution in [2.24, 2.45) is 0 Å². The molecule has 0 radical (unpaired) electrons. The third kappa shape index (κ3) is 11.2. The molecular formula is C54H56N12O12S2. The van der Waals surface area contributed by atoms with Crippen molar-refractivity contribution >= 4 is 31.0 Å². The Morgan fingerprint density at radius 3 is 1.15 bits per heavy atom. The van der Waals surface area contributed by atoms with E-state index in [2.05, 4.69) is 40.3 Å². The average Bonchev–Trinajstić information content (AvgIpc) is 4.31. The minimum atomic E-state index is -4.00. The minimum absolute atomic E-state index is 0.0801. The van der Waals surface area contributed by atoms with Gasteiger partial charge in [0.1, 0.15) is 80.8 Å². The Bertz CT molecular complexity index is 3680. The molecule has 0 aliphatic rings. The van der Waals surface area contributed by atoms with Gasteiger partial charge in [0.2, 0.25) is 11.8 Å². The number of pyridine rings is 4. The zero-order valence-electron chi connectivity index (χ0n) is 44.6. The second kappa shape index (κ2) is 23.5. The summed E-state index contributed by atoms with van der Waals surface area (Å²) in [5.41, 5.74) is 3.27. The van der Waals surface area contributed by atoms with Crippen molar-refractivity contribution in [1.82, 2.24) is 58.3 Å². The highest BCUT2D eigenvalue weighted by Crippen LogP contribution is 2.39. The first-order chi connectivity index (χ1) is 38.5. The maximum absolute atomic E-state index is 13.7. The fourth-order valence-electron chi connectivity index (χ4n) is 8.72. The SMILES string of the molecule is COc1cccc(-c2nnc(CS(=O)(=O)[C@@H](C)[C@H](O)c3cn4ccccc4n3)n2-c2c(OC)cccc2OC)n1.COc1cccc(-c2nnc(CS(=O)(=O)[C@H](C)[C@@H](O)c3cn4ccccc4n3)n2-c2c(OC)cccc2OC)n1. The fraction of sp³-hybridized carbons (Fsp3) is 0.259. The minimum Gasteiger partial charge on any atom is -0.494 e. The summed E-state index contributed by atoms with van der Waals surface area (Å²) in [5.74, 6) is 1.87. The summed E-state index contributed by atoms with van der Waals surface area (Å²) in [7, 11) is 0.974. The molecule has 26 heteroatoms. The van der Waals surface area contributed by atoms with Crippen LogP contribution < -0.4 is 28.4 Å². The first kappa shape index (κ1) is 55.8. The van der Waals surface area contributed by atoms with E-state index in [1.54, 1.807) is 128 Å². The number of hydrogen-bond donors (Lipinski definition) is 2. The quantitative estimate of drug-likeness (QED) is 0.0874. The van der Waals surface area contributed by atoms with Gasteiger partial charge in [0.15, 0.2) is 43.0 Å². The maximum atomic E-state index is 13.7. The Labute approximate surface area is 459 Å². The largest absolute Gasteiger partial charge is 0.494 e. The van der Waals surface area contributed by atoms with Gasteiger partial charge in [0.05, 0.1) is 64.5 Å². The van der Waals surface area contributed by atoms with Crippen LogP contribution in [0.4, 0.5) is 0 Å². The highest BCUT2D eigenvalue weighted by atomic mass is 32.2. The van der Waals surface area contributed by atoms with Crippen LogP contribution in [0.3, 0.4) is 0 Å². The topological polar surface area (TPSA) is 286 Å². The van der Waals surface area contributed by atoms with Gasteiger partial charge in [-0.15, -0.1) is 20.4 Å². The number of aliphatic hydroxyl groups is 2. The number of sulfone groups is 2. The Hall–Kier alpha value is -8.98. The van der Waals surface area contributed by atoms with Gasteiger partial charge >= 0.3 is 0 Å². The molecule has 0 fully saturated rings. The van der Waals surface area contributed by atoms with Crippen molar-refractivity contribution < 1.29 is 55.5 Å². The summed E-state index contributed by atoms with van der Waals surface area (Å²) in [6.45, 7) is 2.89. The third-order valence-electron chi connectivity index (χ3n) is 13.1. The van der Waals surface area contributed by atoms with Crippen LogP contribution in [0.5, 0.6) is 34.8 Å². The molecule has 0 unspecified atom stereocenters. The van der Waals surface area contributed by atoms with E-state index >= 15 is 0 Å². The monoisotopic (exact) mass is 1130 g/mol. The Balaban J connectivity index is 0.000000194. The number of fused-ring (bicyclic) bond motifs is 2. The van der Waals surface area contributed by atoms with Gasteiger partial charge in [-0.25, -0.2) is 36.8 Å². The van der Waals surface area contributed by atoms with Crippen molar-refractivity contribution in [2.45, 2.75) is 48.1 Å². The van der Waals surface area contributed by atoms with E-state index in [1.165, 1.54) is 56.5 Å². The molecule has 8 heterocycles. The van der Waals surface area contributed by atoms with Crippen molar-refractivity contribution in [3.63, 3.8) is 0 Å². The highest BCUT2D eigenvalue weighted by molar-refractivity contribution is 7.91. The van der Waals surface area contributed by atoms with Crippen molar-refractivity contribution in [3.8, 4) is 69.2 Å². The number of imidazole rings is 2. The molecule has 10 rings (SSSR count). The van der Waals surface area contributed by atoms with Gasteiger partial charge in [-0.1, -0.05) is 36.4 Å². The predicted octanol–water partition coefficient (Wildman–Crippen LogP) is 6.08.